The SMILES string of the molecule is CCN(CC)S(=O)(=O)c1ccc(OC(C)C)c(NS(=O)(=O)CC(C)(C)OC)c1. The molecule has 162 valence electrons. The first kappa shape index (κ1) is 24.7. The van der Waals surface area contributed by atoms with Crippen LogP contribution in [0.2, 0.25) is 0 Å². The van der Waals surface area contributed by atoms with E-state index in [1.807, 2.05) is 0 Å². The molecule has 8 nitrogen and oxygen atoms in total. The topological polar surface area (TPSA) is 102 Å². The Morgan fingerprint density at radius 1 is 1.11 bits per heavy atom. The summed E-state index contributed by atoms with van der Waals surface area (Å²) in [7, 11) is -6.14. The standard InChI is InChI=1S/C18H32N2O6S2/c1-8-20(9-2)28(23,24)15-10-11-17(26-14(3)4)16(12-15)19-27(21,22)13-18(5,6)25-7/h10-12,14,19H,8-9,13H2,1-7H3. The zero-order valence-corrected chi connectivity index (χ0v) is 19.3. The summed E-state index contributed by atoms with van der Waals surface area (Å²) in [5.74, 6) is -0.0442. The maximum absolute atomic E-state index is 12.8. The van der Waals surface area contributed by atoms with Gasteiger partial charge in [-0.2, -0.15) is 4.31 Å². The lowest BCUT2D eigenvalue weighted by atomic mass is 10.2. The average Bonchev–Trinajstić information content (AvgIpc) is 2.55. The molecule has 1 rings (SSSR count). The first-order valence-corrected chi connectivity index (χ1v) is 12.2. The molecule has 1 aromatic carbocycles. The van der Waals surface area contributed by atoms with Crippen molar-refractivity contribution in [1.29, 1.82) is 0 Å². The Kier molecular flexibility index (Phi) is 8.31. The first-order valence-electron chi connectivity index (χ1n) is 9.14. The number of ether oxygens (including phenoxy) is 2. The number of hydrogen-bond acceptors (Lipinski definition) is 6. The van der Waals surface area contributed by atoms with Crippen LogP contribution in [0.5, 0.6) is 5.75 Å². The first-order chi connectivity index (χ1) is 12.8. The summed E-state index contributed by atoms with van der Waals surface area (Å²) in [5.41, 5.74) is -0.829. The molecule has 0 saturated carbocycles. The number of nitrogens with zero attached hydrogens (tertiary/aromatic N) is 1. The predicted molar refractivity (Wildman–Crippen MR) is 111 cm³/mol. The van der Waals surface area contributed by atoms with Crippen LogP contribution in [0.25, 0.3) is 0 Å². The second-order valence-electron chi connectivity index (χ2n) is 7.24. The van der Waals surface area contributed by atoms with Crippen molar-refractivity contribution in [1.82, 2.24) is 4.31 Å². The molecule has 0 fully saturated rings. The molecule has 0 aliphatic heterocycles. The number of nitrogens with one attached hydrogen (secondary N) is 1. The van der Waals surface area contributed by atoms with Gasteiger partial charge in [0, 0.05) is 20.2 Å². The Balaban J connectivity index is 3.41. The van der Waals surface area contributed by atoms with Crippen molar-refractivity contribution < 1.29 is 26.3 Å². The highest BCUT2D eigenvalue weighted by atomic mass is 32.2. The van der Waals surface area contributed by atoms with Crippen molar-refractivity contribution in [2.24, 2.45) is 0 Å². The number of sulfonamides is 2. The number of anilines is 1. The molecule has 0 aromatic heterocycles. The van der Waals surface area contributed by atoms with Crippen LogP contribution in [0, 0.1) is 0 Å². The Labute approximate surface area is 169 Å². The average molecular weight is 437 g/mol. The molecule has 1 N–H and O–H groups in total. The van der Waals surface area contributed by atoms with E-state index in [0.29, 0.717) is 13.1 Å². The third kappa shape index (κ3) is 6.61. The summed E-state index contributed by atoms with van der Waals surface area (Å²) in [4.78, 5) is -0.00370. The third-order valence-corrected chi connectivity index (χ3v) is 7.66. The second-order valence-corrected chi connectivity index (χ2v) is 10.9. The summed E-state index contributed by atoms with van der Waals surface area (Å²) < 4.78 is 65.5. The highest BCUT2D eigenvalue weighted by molar-refractivity contribution is 7.92. The number of benzene rings is 1. The van der Waals surface area contributed by atoms with Gasteiger partial charge in [-0.1, -0.05) is 13.8 Å². The van der Waals surface area contributed by atoms with Crippen molar-refractivity contribution in [3.63, 3.8) is 0 Å². The molecular weight excluding hydrogens is 404 g/mol. The largest absolute Gasteiger partial charge is 0.489 e. The Morgan fingerprint density at radius 2 is 1.68 bits per heavy atom. The van der Waals surface area contributed by atoms with Gasteiger partial charge in [0.25, 0.3) is 0 Å². The van der Waals surface area contributed by atoms with E-state index in [9.17, 15) is 16.8 Å². The fourth-order valence-electron chi connectivity index (χ4n) is 2.54. The zero-order valence-electron chi connectivity index (χ0n) is 17.6. The number of methoxy groups -OCH3 is 1. The maximum atomic E-state index is 12.8. The van der Waals surface area contributed by atoms with Gasteiger partial charge in [-0.05, 0) is 45.9 Å². The Hall–Kier alpha value is -1.36. The van der Waals surface area contributed by atoms with Crippen molar-refractivity contribution in [2.45, 2.75) is 58.1 Å². The summed E-state index contributed by atoms with van der Waals surface area (Å²) in [6.45, 7) is 11.0. The van der Waals surface area contributed by atoms with Crippen LogP contribution in [-0.2, 0) is 24.8 Å². The molecule has 0 unspecified atom stereocenters. The summed E-state index contributed by atoms with van der Waals surface area (Å²) in [5, 5.41) is 0. The highest BCUT2D eigenvalue weighted by Crippen LogP contribution is 2.31. The lowest BCUT2D eigenvalue weighted by Crippen LogP contribution is -2.35. The maximum Gasteiger partial charge on any atom is 0.243 e. The quantitative estimate of drug-likeness (QED) is 0.572. The molecule has 28 heavy (non-hydrogen) atoms. The fraction of sp³-hybridized carbons (Fsp3) is 0.667. The minimum Gasteiger partial charge on any atom is -0.489 e. The van der Waals surface area contributed by atoms with Gasteiger partial charge in [0.15, 0.2) is 0 Å². The molecule has 0 bridgehead atoms. The van der Waals surface area contributed by atoms with E-state index in [0.717, 1.165) is 0 Å². The molecule has 0 heterocycles. The Morgan fingerprint density at radius 3 is 2.14 bits per heavy atom. The van der Waals surface area contributed by atoms with Crippen LogP contribution >= 0.6 is 0 Å². The molecule has 1 aromatic rings. The molecular formula is C18H32N2O6S2. The molecule has 10 heteroatoms. The van der Waals surface area contributed by atoms with Gasteiger partial charge in [-0.3, -0.25) is 4.72 Å². The summed E-state index contributed by atoms with van der Waals surface area (Å²) >= 11 is 0. The van der Waals surface area contributed by atoms with Crippen LogP contribution in [-0.4, -0.2) is 58.8 Å². The van der Waals surface area contributed by atoms with Crippen molar-refractivity contribution in [2.75, 3.05) is 30.7 Å². The Bertz CT molecular complexity index is 860. The molecule has 0 amide bonds. The molecule has 0 radical (unpaired) electrons. The highest BCUT2D eigenvalue weighted by Gasteiger charge is 2.28. The van der Waals surface area contributed by atoms with Gasteiger partial charge < -0.3 is 9.47 Å². The molecule has 0 saturated heterocycles. The normalized spacial score (nSPS) is 13.2. The number of rotatable bonds is 11. The van der Waals surface area contributed by atoms with Crippen LogP contribution in [0.1, 0.15) is 41.5 Å². The van der Waals surface area contributed by atoms with Crippen molar-refractivity contribution in [3.05, 3.63) is 18.2 Å². The van der Waals surface area contributed by atoms with E-state index in [1.54, 1.807) is 41.5 Å². The second kappa shape index (κ2) is 9.43. The van der Waals surface area contributed by atoms with Crippen LogP contribution in [0.3, 0.4) is 0 Å². The van der Waals surface area contributed by atoms with E-state index >= 15 is 0 Å². The van der Waals surface area contributed by atoms with Crippen LogP contribution < -0.4 is 9.46 Å². The molecule has 0 spiro atoms. The van der Waals surface area contributed by atoms with Crippen LogP contribution in [0.15, 0.2) is 23.1 Å². The minimum absolute atomic E-state index is 0.00370. The zero-order chi connectivity index (χ0) is 21.8. The summed E-state index contributed by atoms with van der Waals surface area (Å²) in [6.07, 6.45) is -0.219. The fourth-order valence-corrected chi connectivity index (χ4v) is 5.62. The van der Waals surface area contributed by atoms with E-state index < -0.39 is 25.6 Å². The minimum atomic E-state index is -3.82. The molecule has 0 aliphatic carbocycles. The van der Waals surface area contributed by atoms with E-state index in [4.69, 9.17) is 9.47 Å². The molecule has 0 aliphatic rings. The number of hydrogen-bond donors (Lipinski definition) is 1. The van der Waals surface area contributed by atoms with E-state index in [1.165, 1.54) is 29.6 Å². The van der Waals surface area contributed by atoms with Gasteiger partial charge in [0.1, 0.15) is 5.75 Å². The third-order valence-electron chi connectivity index (χ3n) is 4.01. The van der Waals surface area contributed by atoms with Gasteiger partial charge >= 0.3 is 0 Å². The van der Waals surface area contributed by atoms with Gasteiger partial charge in [0.2, 0.25) is 20.0 Å². The van der Waals surface area contributed by atoms with Gasteiger partial charge in [-0.25, -0.2) is 16.8 Å². The monoisotopic (exact) mass is 436 g/mol. The lowest BCUT2D eigenvalue weighted by molar-refractivity contribution is 0.0426. The van der Waals surface area contributed by atoms with Crippen molar-refractivity contribution >= 4 is 25.7 Å². The smallest absolute Gasteiger partial charge is 0.243 e. The molecule has 0 atom stereocenters. The van der Waals surface area contributed by atoms with Gasteiger partial charge in [-0.15, -0.1) is 0 Å². The van der Waals surface area contributed by atoms with E-state index in [2.05, 4.69) is 4.72 Å². The van der Waals surface area contributed by atoms with Crippen molar-refractivity contribution in [3.8, 4) is 5.75 Å². The summed E-state index contributed by atoms with van der Waals surface area (Å²) in [6, 6.07) is 4.18. The lowest BCUT2D eigenvalue weighted by Gasteiger charge is -2.24. The van der Waals surface area contributed by atoms with Gasteiger partial charge in [0.05, 0.1) is 28.0 Å². The predicted octanol–water partition coefficient (Wildman–Crippen LogP) is 2.67. The van der Waals surface area contributed by atoms with Crippen LogP contribution in [0.4, 0.5) is 5.69 Å². The van der Waals surface area contributed by atoms with E-state index in [-0.39, 0.29) is 28.2 Å².